The fraction of sp³-hybridized carbons (Fsp3) is 0.636. The molecule has 6 heteroatoms. The summed E-state index contributed by atoms with van der Waals surface area (Å²) in [7, 11) is 0. The quantitative estimate of drug-likeness (QED) is 0.750. The van der Waals surface area contributed by atoms with Crippen LogP contribution in [0.4, 0.5) is 6.01 Å². The van der Waals surface area contributed by atoms with Gasteiger partial charge in [-0.15, -0.1) is 0 Å². The van der Waals surface area contributed by atoms with Crippen LogP contribution in [0.1, 0.15) is 37.2 Å². The molecule has 1 aromatic heterocycles. The summed E-state index contributed by atoms with van der Waals surface area (Å²) >= 11 is 0. The van der Waals surface area contributed by atoms with E-state index in [1.807, 2.05) is 13.8 Å². The number of carbonyl (C=O) groups is 1. The molecule has 0 aromatic carbocycles. The number of anilines is 1. The fourth-order valence-electron chi connectivity index (χ4n) is 1.77. The molecule has 6 nitrogen and oxygen atoms in total. The third kappa shape index (κ3) is 3.20. The molecule has 0 aliphatic carbocycles. The Morgan fingerprint density at radius 1 is 1.53 bits per heavy atom. The molecule has 0 spiro atoms. The summed E-state index contributed by atoms with van der Waals surface area (Å²) in [5.41, 5.74) is -0.117. The zero-order valence-corrected chi connectivity index (χ0v) is 10.1. The summed E-state index contributed by atoms with van der Waals surface area (Å²) < 4.78 is 5.15. The number of hydrogen-bond acceptors (Lipinski definition) is 5. The first-order valence-corrected chi connectivity index (χ1v) is 5.70. The highest BCUT2D eigenvalue weighted by molar-refractivity contribution is 5.85. The number of rotatable bonds is 7. The van der Waals surface area contributed by atoms with Gasteiger partial charge in [0.1, 0.15) is 6.26 Å². The third-order valence-electron chi connectivity index (χ3n) is 2.68. The lowest BCUT2D eigenvalue weighted by molar-refractivity contribution is 0.0690. The second-order valence-electron chi connectivity index (χ2n) is 3.71. The van der Waals surface area contributed by atoms with E-state index in [1.54, 1.807) is 4.90 Å². The highest BCUT2D eigenvalue weighted by Crippen LogP contribution is 2.19. The maximum absolute atomic E-state index is 10.7. The maximum atomic E-state index is 10.7. The molecule has 0 atom stereocenters. The highest BCUT2D eigenvalue weighted by atomic mass is 16.4. The van der Waals surface area contributed by atoms with Crippen molar-refractivity contribution in [1.82, 2.24) is 4.98 Å². The van der Waals surface area contributed by atoms with Crippen LogP contribution < -0.4 is 4.90 Å². The van der Waals surface area contributed by atoms with Gasteiger partial charge in [-0.25, -0.2) is 4.79 Å². The van der Waals surface area contributed by atoms with E-state index >= 15 is 0 Å². The summed E-state index contributed by atoms with van der Waals surface area (Å²) in [5.74, 6) is -1.12. The number of nitrogens with zero attached hydrogens (tertiary/aromatic N) is 2. The van der Waals surface area contributed by atoms with Crippen molar-refractivity contribution in [1.29, 1.82) is 0 Å². The Bertz CT molecular complexity index is 360. The first-order valence-electron chi connectivity index (χ1n) is 5.70. The number of oxazole rings is 1. The minimum atomic E-state index is -1.12. The predicted molar refractivity (Wildman–Crippen MR) is 62.3 cm³/mol. The third-order valence-corrected chi connectivity index (χ3v) is 2.68. The van der Waals surface area contributed by atoms with Crippen LogP contribution in [-0.2, 0) is 0 Å². The van der Waals surface area contributed by atoms with Crippen molar-refractivity contribution in [2.75, 3.05) is 18.1 Å². The Balaban J connectivity index is 2.91. The van der Waals surface area contributed by atoms with Crippen LogP contribution >= 0.6 is 0 Å². The van der Waals surface area contributed by atoms with Crippen molar-refractivity contribution >= 4 is 12.0 Å². The topological polar surface area (TPSA) is 86.8 Å². The summed E-state index contributed by atoms with van der Waals surface area (Å²) in [6, 6.07) is 0.438. The molecule has 0 bridgehead atoms. The van der Waals surface area contributed by atoms with Crippen LogP contribution in [-0.4, -0.2) is 40.4 Å². The van der Waals surface area contributed by atoms with Gasteiger partial charge in [-0.1, -0.05) is 13.8 Å². The molecule has 0 saturated carbocycles. The zero-order valence-electron chi connectivity index (χ0n) is 10.1. The average Bonchev–Trinajstić information content (AvgIpc) is 2.78. The molecule has 1 aromatic rings. The van der Waals surface area contributed by atoms with Crippen LogP contribution in [0, 0.1) is 0 Å². The van der Waals surface area contributed by atoms with E-state index < -0.39 is 5.97 Å². The van der Waals surface area contributed by atoms with Crippen molar-refractivity contribution in [2.24, 2.45) is 0 Å². The number of aliphatic hydroxyl groups is 1. The van der Waals surface area contributed by atoms with Gasteiger partial charge in [0.25, 0.3) is 6.01 Å². The molecular weight excluding hydrogens is 224 g/mol. The lowest BCUT2D eigenvalue weighted by atomic mass is 10.1. The number of aliphatic hydroxyl groups excluding tert-OH is 1. The van der Waals surface area contributed by atoms with Gasteiger partial charge in [-0.05, 0) is 12.8 Å². The second-order valence-corrected chi connectivity index (χ2v) is 3.71. The molecule has 0 amide bonds. The number of carboxylic acid groups (broad SMARTS) is 1. The molecule has 0 unspecified atom stereocenters. The second kappa shape index (κ2) is 6.24. The first-order chi connectivity index (χ1) is 8.13. The Hall–Kier alpha value is -1.56. The van der Waals surface area contributed by atoms with Gasteiger partial charge in [0.15, 0.2) is 5.69 Å². The van der Waals surface area contributed by atoms with E-state index in [-0.39, 0.29) is 24.4 Å². The van der Waals surface area contributed by atoms with Crippen LogP contribution in [0.3, 0.4) is 0 Å². The minimum absolute atomic E-state index is 0.0265. The average molecular weight is 242 g/mol. The molecule has 1 heterocycles. The molecule has 1 rings (SSSR count). The SMILES string of the molecule is CCC(CC)N(CCO)c1nc(C(=O)O)co1. The van der Waals surface area contributed by atoms with Crippen LogP contribution in [0.15, 0.2) is 10.7 Å². The molecule has 2 N–H and O–H groups in total. The van der Waals surface area contributed by atoms with Gasteiger partial charge < -0.3 is 19.5 Å². The van der Waals surface area contributed by atoms with Gasteiger partial charge >= 0.3 is 5.97 Å². The molecule has 17 heavy (non-hydrogen) atoms. The Morgan fingerprint density at radius 2 is 2.18 bits per heavy atom. The van der Waals surface area contributed by atoms with Crippen LogP contribution in [0.25, 0.3) is 0 Å². The van der Waals surface area contributed by atoms with Crippen molar-refractivity contribution in [3.63, 3.8) is 0 Å². The van der Waals surface area contributed by atoms with E-state index in [2.05, 4.69) is 4.98 Å². The van der Waals surface area contributed by atoms with E-state index in [0.717, 1.165) is 19.1 Å². The molecule has 0 fully saturated rings. The molecule has 0 radical (unpaired) electrons. The number of hydrogen-bond donors (Lipinski definition) is 2. The maximum Gasteiger partial charge on any atom is 0.357 e. The molecule has 96 valence electrons. The Labute approximate surface area is 99.9 Å². The molecule has 0 aliphatic heterocycles. The summed E-state index contributed by atoms with van der Waals surface area (Å²) in [5, 5.41) is 17.8. The largest absolute Gasteiger partial charge is 0.476 e. The predicted octanol–water partition coefficient (Wildman–Crippen LogP) is 1.36. The van der Waals surface area contributed by atoms with Gasteiger partial charge in [-0.2, -0.15) is 4.98 Å². The lowest BCUT2D eigenvalue weighted by Crippen LogP contribution is -2.37. The van der Waals surface area contributed by atoms with Gasteiger partial charge in [0.05, 0.1) is 6.61 Å². The van der Waals surface area contributed by atoms with Crippen molar-refractivity contribution in [3.05, 3.63) is 12.0 Å². The monoisotopic (exact) mass is 242 g/mol. The molecule has 0 aliphatic rings. The Kier molecular flexibility index (Phi) is 4.96. The molecular formula is C11H18N2O4. The Morgan fingerprint density at radius 3 is 2.59 bits per heavy atom. The normalized spacial score (nSPS) is 10.8. The van der Waals surface area contributed by atoms with Gasteiger partial charge in [0, 0.05) is 12.6 Å². The first kappa shape index (κ1) is 13.5. The number of aromatic carboxylic acids is 1. The van der Waals surface area contributed by atoms with E-state index in [0.29, 0.717) is 6.54 Å². The van der Waals surface area contributed by atoms with Crippen molar-refractivity contribution in [3.8, 4) is 0 Å². The van der Waals surface area contributed by atoms with Gasteiger partial charge in [-0.3, -0.25) is 0 Å². The number of aromatic nitrogens is 1. The van der Waals surface area contributed by atoms with Crippen LogP contribution in [0.2, 0.25) is 0 Å². The lowest BCUT2D eigenvalue weighted by Gasteiger charge is -2.28. The van der Waals surface area contributed by atoms with E-state index in [4.69, 9.17) is 14.6 Å². The zero-order chi connectivity index (χ0) is 12.8. The van der Waals surface area contributed by atoms with Gasteiger partial charge in [0.2, 0.25) is 0 Å². The van der Waals surface area contributed by atoms with Crippen LogP contribution in [0.5, 0.6) is 0 Å². The van der Waals surface area contributed by atoms with Crippen molar-refractivity contribution in [2.45, 2.75) is 32.7 Å². The van der Waals surface area contributed by atoms with E-state index in [1.165, 1.54) is 0 Å². The standard InChI is InChI=1S/C11H18N2O4/c1-3-8(4-2)13(5-6-14)11-12-9(7-17-11)10(15)16/h7-8,14H,3-6H2,1-2H3,(H,15,16). The fourth-order valence-corrected chi connectivity index (χ4v) is 1.77. The van der Waals surface area contributed by atoms with Crippen molar-refractivity contribution < 1.29 is 19.4 Å². The summed E-state index contributed by atoms with van der Waals surface area (Å²) in [6.45, 7) is 4.41. The smallest absolute Gasteiger partial charge is 0.357 e. The number of carboxylic acids is 1. The molecule has 0 saturated heterocycles. The highest BCUT2D eigenvalue weighted by Gasteiger charge is 2.21. The van der Waals surface area contributed by atoms with E-state index in [9.17, 15) is 4.79 Å². The summed E-state index contributed by atoms with van der Waals surface area (Å²) in [6.07, 6.45) is 2.87. The summed E-state index contributed by atoms with van der Waals surface area (Å²) in [4.78, 5) is 16.4. The minimum Gasteiger partial charge on any atom is -0.476 e.